The van der Waals surface area contributed by atoms with Crippen molar-refractivity contribution in [3.05, 3.63) is 100 Å². The van der Waals surface area contributed by atoms with Crippen molar-refractivity contribution in [1.29, 1.82) is 0 Å². The van der Waals surface area contributed by atoms with Crippen LogP contribution in [0.4, 0.5) is 0 Å². The molecule has 0 aliphatic heterocycles. The van der Waals surface area contributed by atoms with Gasteiger partial charge in [0, 0.05) is 28.0 Å². The molecule has 2 nitrogen and oxygen atoms in total. The molecule has 0 unspecified atom stereocenters. The summed E-state index contributed by atoms with van der Waals surface area (Å²) >= 11 is 3.55. The highest BCUT2D eigenvalue weighted by atomic mass is 79.9. The Morgan fingerprint density at radius 2 is 1.54 bits per heavy atom. The van der Waals surface area contributed by atoms with Gasteiger partial charge in [0.05, 0.1) is 5.36 Å². The molecule has 0 bridgehead atoms. The highest BCUT2D eigenvalue weighted by Gasteiger charge is 2.06. The molecule has 128 valence electrons. The molecule has 0 atom stereocenters. The average Bonchev–Trinajstić information content (AvgIpc) is 2.69. The SMILES string of the molecule is Brc1ccc2oc(-c3ccccc3)cc(=NCCc3ccccc3)c2c1. The van der Waals surface area contributed by atoms with Crippen molar-refractivity contribution in [2.75, 3.05) is 6.54 Å². The summed E-state index contributed by atoms with van der Waals surface area (Å²) in [5.74, 6) is 0.832. The van der Waals surface area contributed by atoms with Crippen molar-refractivity contribution >= 4 is 26.9 Å². The van der Waals surface area contributed by atoms with Crippen LogP contribution in [0.2, 0.25) is 0 Å². The van der Waals surface area contributed by atoms with Crippen LogP contribution in [0, 0.1) is 0 Å². The fourth-order valence-corrected chi connectivity index (χ4v) is 3.33. The standard InChI is InChI=1S/C23H18BrNO/c24-19-11-12-22-20(15-19)21(25-14-13-17-7-3-1-4-8-17)16-23(26-22)18-9-5-2-6-10-18/h1-12,15-16H,13-14H2. The Labute approximate surface area is 161 Å². The molecule has 0 saturated carbocycles. The first-order valence-electron chi connectivity index (χ1n) is 8.63. The number of rotatable bonds is 4. The van der Waals surface area contributed by atoms with Crippen LogP contribution in [-0.4, -0.2) is 6.54 Å². The van der Waals surface area contributed by atoms with Gasteiger partial charge >= 0.3 is 0 Å². The van der Waals surface area contributed by atoms with E-state index in [0.717, 1.165) is 45.1 Å². The first-order chi connectivity index (χ1) is 12.8. The summed E-state index contributed by atoms with van der Waals surface area (Å²) in [6.45, 7) is 0.740. The third kappa shape index (κ3) is 3.78. The van der Waals surface area contributed by atoms with Crippen molar-refractivity contribution in [2.45, 2.75) is 6.42 Å². The van der Waals surface area contributed by atoms with Gasteiger partial charge in [-0.1, -0.05) is 76.6 Å². The van der Waals surface area contributed by atoms with Gasteiger partial charge in [0.25, 0.3) is 0 Å². The lowest BCUT2D eigenvalue weighted by Crippen LogP contribution is -2.06. The summed E-state index contributed by atoms with van der Waals surface area (Å²) in [7, 11) is 0. The summed E-state index contributed by atoms with van der Waals surface area (Å²) in [4.78, 5) is 4.88. The van der Waals surface area contributed by atoms with Crippen LogP contribution in [0.25, 0.3) is 22.3 Å². The topological polar surface area (TPSA) is 25.5 Å². The maximum absolute atomic E-state index is 6.13. The second-order valence-corrected chi connectivity index (χ2v) is 7.04. The zero-order valence-electron chi connectivity index (χ0n) is 14.2. The number of hydrogen-bond acceptors (Lipinski definition) is 2. The maximum atomic E-state index is 6.13. The van der Waals surface area contributed by atoms with E-state index < -0.39 is 0 Å². The number of benzene rings is 3. The first kappa shape index (κ1) is 16.8. The molecule has 0 aliphatic carbocycles. The Morgan fingerprint density at radius 1 is 0.808 bits per heavy atom. The van der Waals surface area contributed by atoms with E-state index in [4.69, 9.17) is 9.41 Å². The average molecular weight is 404 g/mol. The van der Waals surface area contributed by atoms with E-state index in [1.807, 2.05) is 42.5 Å². The zero-order valence-corrected chi connectivity index (χ0v) is 15.8. The van der Waals surface area contributed by atoms with Crippen molar-refractivity contribution in [3.63, 3.8) is 0 Å². The molecule has 1 aromatic heterocycles. The van der Waals surface area contributed by atoms with Gasteiger partial charge in [0.2, 0.25) is 0 Å². The van der Waals surface area contributed by atoms with Gasteiger partial charge in [-0.25, -0.2) is 0 Å². The monoisotopic (exact) mass is 403 g/mol. The molecular weight excluding hydrogens is 386 g/mol. The van der Waals surface area contributed by atoms with Crippen molar-refractivity contribution < 1.29 is 4.42 Å². The van der Waals surface area contributed by atoms with E-state index in [-0.39, 0.29) is 0 Å². The molecule has 0 fully saturated rings. The van der Waals surface area contributed by atoms with E-state index >= 15 is 0 Å². The Balaban J connectivity index is 1.78. The van der Waals surface area contributed by atoms with Crippen molar-refractivity contribution in [3.8, 4) is 11.3 Å². The van der Waals surface area contributed by atoms with Crippen LogP contribution in [-0.2, 0) is 6.42 Å². The molecular formula is C23H18BrNO. The highest BCUT2D eigenvalue weighted by molar-refractivity contribution is 9.10. The lowest BCUT2D eigenvalue weighted by atomic mass is 10.1. The van der Waals surface area contributed by atoms with Gasteiger partial charge in [-0.05, 0) is 30.2 Å². The van der Waals surface area contributed by atoms with E-state index in [0.29, 0.717) is 0 Å². The Morgan fingerprint density at radius 3 is 2.31 bits per heavy atom. The molecule has 0 amide bonds. The highest BCUT2D eigenvalue weighted by Crippen LogP contribution is 2.24. The van der Waals surface area contributed by atoms with Gasteiger partial charge < -0.3 is 4.42 Å². The van der Waals surface area contributed by atoms with Crippen molar-refractivity contribution in [1.82, 2.24) is 0 Å². The zero-order chi connectivity index (χ0) is 17.8. The largest absolute Gasteiger partial charge is 0.456 e. The fraction of sp³-hybridized carbons (Fsp3) is 0.0870. The summed E-state index contributed by atoms with van der Waals surface area (Å²) < 4.78 is 7.15. The predicted molar refractivity (Wildman–Crippen MR) is 110 cm³/mol. The Bertz CT molecular complexity index is 1090. The van der Waals surface area contributed by atoms with Gasteiger partial charge in [-0.3, -0.25) is 4.99 Å². The molecule has 26 heavy (non-hydrogen) atoms. The molecule has 1 heterocycles. The molecule has 0 radical (unpaired) electrons. The third-order valence-electron chi connectivity index (χ3n) is 4.29. The summed E-state index contributed by atoms with van der Waals surface area (Å²) in [6, 6.07) is 28.7. The van der Waals surface area contributed by atoms with E-state index in [2.05, 4.69) is 58.4 Å². The normalized spacial score (nSPS) is 11.8. The number of hydrogen-bond donors (Lipinski definition) is 0. The van der Waals surface area contributed by atoms with Crippen LogP contribution in [0.1, 0.15) is 5.56 Å². The molecule has 0 N–H and O–H groups in total. The minimum atomic E-state index is 0.740. The maximum Gasteiger partial charge on any atom is 0.136 e. The molecule has 4 aromatic rings. The predicted octanol–water partition coefficient (Wildman–Crippen LogP) is 6.01. The van der Waals surface area contributed by atoms with Crippen LogP contribution >= 0.6 is 15.9 Å². The van der Waals surface area contributed by atoms with Gasteiger partial charge in [0.15, 0.2) is 0 Å². The van der Waals surface area contributed by atoms with Crippen LogP contribution in [0.15, 0.2) is 98.8 Å². The Kier molecular flexibility index (Phi) is 4.98. The van der Waals surface area contributed by atoms with Crippen LogP contribution in [0.5, 0.6) is 0 Å². The molecule has 0 spiro atoms. The molecule has 4 rings (SSSR count). The van der Waals surface area contributed by atoms with Crippen LogP contribution in [0.3, 0.4) is 0 Å². The summed E-state index contributed by atoms with van der Waals surface area (Å²) in [5, 5.41) is 1.98. The van der Waals surface area contributed by atoms with Gasteiger partial charge in [-0.15, -0.1) is 0 Å². The second-order valence-electron chi connectivity index (χ2n) is 6.12. The van der Waals surface area contributed by atoms with Gasteiger partial charge in [-0.2, -0.15) is 0 Å². The number of nitrogens with zero attached hydrogens (tertiary/aromatic N) is 1. The lowest BCUT2D eigenvalue weighted by Gasteiger charge is -2.06. The molecule has 3 aromatic carbocycles. The van der Waals surface area contributed by atoms with Crippen molar-refractivity contribution in [2.24, 2.45) is 4.99 Å². The molecule has 0 aliphatic rings. The smallest absolute Gasteiger partial charge is 0.136 e. The molecule has 0 saturated heterocycles. The lowest BCUT2D eigenvalue weighted by molar-refractivity contribution is 0.618. The number of fused-ring (bicyclic) bond motifs is 1. The van der Waals surface area contributed by atoms with E-state index in [1.54, 1.807) is 0 Å². The second kappa shape index (κ2) is 7.71. The molecule has 3 heteroatoms. The van der Waals surface area contributed by atoms with Crippen LogP contribution < -0.4 is 5.36 Å². The Hall–Kier alpha value is -2.65. The third-order valence-corrected chi connectivity index (χ3v) is 4.78. The summed E-state index contributed by atoms with van der Waals surface area (Å²) in [5.41, 5.74) is 3.19. The fourth-order valence-electron chi connectivity index (χ4n) is 2.97. The van der Waals surface area contributed by atoms with E-state index in [9.17, 15) is 0 Å². The van der Waals surface area contributed by atoms with E-state index in [1.165, 1.54) is 5.56 Å². The van der Waals surface area contributed by atoms with Gasteiger partial charge in [0.1, 0.15) is 11.3 Å². The quantitative estimate of drug-likeness (QED) is 0.409. The minimum absolute atomic E-state index is 0.740. The number of halogens is 1. The first-order valence-corrected chi connectivity index (χ1v) is 9.42. The minimum Gasteiger partial charge on any atom is -0.456 e. The summed E-state index contributed by atoms with van der Waals surface area (Å²) in [6.07, 6.45) is 0.920.